The van der Waals surface area contributed by atoms with Gasteiger partial charge >= 0.3 is 0 Å². The summed E-state index contributed by atoms with van der Waals surface area (Å²) < 4.78 is 0.956. The maximum absolute atomic E-state index is 11.5. The van der Waals surface area contributed by atoms with Crippen molar-refractivity contribution in [1.29, 1.82) is 5.26 Å². The van der Waals surface area contributed by atoms with Gasteiger partial charge in [0, 0.05) is 17.9 Å². The molecule has 1 rings (SSSR count). The molecule has 0 heterocycles. The highest BCUT2D eigenvalue weighted by atomic mass is 79.9. The van der Waals surface area contributed by atoms with Gasteiger partial charge in [0.15, 0.2) is 0 Å². The molecule has 1 atom stereocenters. The van der Waals surface area contributed by atoms with Crippen LogP contribution in [-0.2, 0) is 4.79 Å². The Balaban J connectivity index is 2.95. The van der Waals surface area contributed by atoms with Crippen LogP contribution in [0.4, 0.5) is 0 Å². The normalized spacial score (nSPS) is 11.6. The highest BCUT2D eigenvalue weighted by molar-refractivity contribution is 9.10. The van der Waals surface area contributed by atoms with Crippen LogP contribution in [0.1, 0.15) is 24.9 Å². The summed E-state index contributed by atoms with van der Waals surface area (Å²) in [6, 6.07) is 9.05. The molecule has 0 aromatic heterocycles. The summed E-state index contributed by atoms with van der Waals surface area (Å²) >= 11 is 3.33. The third kappa shape index (κ3) is 2.83. The first kappa shape index (κ1) is 12.7. The molecule has 4 heteroatoms. The molecule has 0 spiro atoms. The summed E-state index contributed by atoms with van der Waals surface area (Å²) in [7, 11) is 1.65. The van der Waals surface area contributed by atoms with E-state index in [1.165, 1.54) is 4.90 Å². The molecule has 16 heavy (non-hydrogen) atoms. The van der Waals surface area contributed by atoms with Crippen molar-refractivity contribution in [3.63, 3.8) is 0 Å². The second-order valence-electron chi connectivity index (χ2n) is 3.44. The third-order valence-electron chi connectivity index (χ3n) is 2.39. The minimum absolute atomic E-state index is 0.0329. The van der Waals surface area contributed by atoms with Gasteiger partial charge in [-0.3, -0.25) is 4.79 Å². The lowest BCUT2D eigenvalue weighted by atomic mass is 10.1. The zero-order chi connectivity index (χ0) is 12.1. The van der Waals surface area contributed by atoms with Crippen molar-refractivity contribution in [2.45, 2.75) is 19.4 Å². The van der Waals surface area contributed by atoms with Crippen LogP contribution >= 0.6 is 15.9 Å². The predicted octanol–water partition coefficient (Wildman–Crippen LogP) is 2.88. The van der Waals surface area contributed by atoms with Crippen LogP contribution in [-0.4, -0.2) is 17.9 Å². The fourth-order valence-corrected chi connectivity index (χ4v) is 1.69. The first-order chi connectivity index (χ1) is 7.60. The highest BCUT2D eigenvalue weighted by Gasteiger charge is 2.19. The highest BCUT2D eigenvalue weighted by Crippen LogP contribution is 2.21. The van der Waals surface area contributed by atoms with Gasteiger partial charge in [-0.2, -0.15) is 5.26 Å². The van der Waals surface area contributed by atoms with Crippen molar-refractivity contribution in [1.82, 2.24) is 4.90 Å². The first-order valence-corrected chi connectivity index (χ1v) is 5.80. The molecule has 1 amide bonds. The molecular weight excluding hydrogens is 268 g/mol. The average molecular weight is 281 g/mol. The third-order valence-corrected chi connectivity index (χ3v) is 2.92. The van der Waals surface area contributed by atoms with Crippen molar-refractivity contribution < 1.29 is 4.79 Å². The van der Waals surface area contributed by atoms with Gasteiger partial charge in [-0.15, -0.1) is 0 Å². The van der Waals surface area contributed by atoms with E-state index in [4.69, 9.17) is 5.26 Å². The number of hydrogen-bond donors (Lipinski definition) is 0. The average Bonchev–Trinajstić information content (AvgIpc) is 2.31. The molecule has 0 fully saturated rings. The van der Waals surface area contributed by atoms with Crippen LogP contribution in [0.25, 0.3) is 0 Å². The molecule has 84 valence electrons. The molecule has 0 saturated heterocycles. The molecule has 3 nitrogen and oxygen atoms in total. The number of hydrogen-bond acceptors (Lipinski definition) is 2. The second-order valence-corrected chi connectivity index (χ2v) is 4.36. The Bertz CT molecular complexity index is 408. The smallest absolute Gasteiger partial charge is 0.223 e. The Hall–Kier alpha value is -1.34. The minimum Gasteiger partial charge on any atom is -0.326 e. The molecule has 1 aromatic rings. The number of carbonyl (C=O) groups is 1. The number of nitriles is 1. The Kier molecular flexibility index (Phi) is 4.51. The van der Waals surface area contributed by atoms with E-state index in [1.54, 1.807) is 14.0 Å². The molecular formula is C12H13BrN2O. The number of rotatable bonds is 3. The Morgan fingerprint density at radius 3 is 2.50 bits per heavy atom. The summed E-state index contributed by atoms with van der Waals surface area (Å²) in [6.45, 7) is 1.79. The lowest BCUT2D eigenvalue weighted by Crippen LogP contribution is -2.29. The van der Waals surface area contributed by atoms with E-state index in [0.29, 0.717) is 6.42 Å². The number of amides is 1. The molecule has 0 N–H and O–H groups in total. The fraction of sp³-hybridized carbons (Fsp3) is 0.333. The Morgan fingerprint density at radius 1 is 1.50 bits per heavy atom. The van der Waals surface area contributed by atoms with Gasteiger partial charge in [0.25, 0.3) is 0 Å². The summed E-state index contributed by atoms with van der Waals surface area (Å²) in [5.41, 5.74) is 0.829. The van der Waals surface area contributed by atoms with E-state index in [2.05, 4.69) is 22.0 Å². The first-order valence-electron chi connectivity index (χ1n) is 5.01. The van der Waals surface area contributed by atoms with Crippen molar-refractivity contribution in [2.75, 3.05) is 7.05 Å². The zero-order valence-corrected chi connectivity index (χ0v) is 10.9. The molecule has 0 bridgehead atoms. The van der Waals surface area contributed by atoms with Crippen molar-refractivity contribution in [2.24, 2.45) is 0 Å². The quantitative estimate of drug-likeness (QED) is 0.855. The maximum atomic E-state index is 11.5. The standard InChI is InChI=1S/C12H13BrN2O/c1-3-12(16)15(2)11(8-14)9-4-6-10(13)7-5-9/h4-7,11H,3H2,1-2H3. The van der Waals surface area contributed by atoms with E-state index in [0.717, 1.165) is 10.0 Å². The summed E-state index contributed by atoms with van der Waals surface area (Å²) in [5, 5.41) is 9.11. The SMILES string of the molecule is CCC(=O)N(C)C(C#N)c1ccc(Br)cc1. The summed E-state index contributed by atoms with van der Waals surface area (Å²) in [4.78, 5) is 13.0. The minimum atomic E-state index is -0.513. The van der Waals surface area contributed by atoms with E-state index < -0.39 is 6.04 Å². The van der Waals surface area contributed by atoms with E-state index >= 15 is 0 Å². The van der Waals surface area contributed by atoms with Gasteiger partial charge in [-0.1, -0.05) is 35.0 Å². The van der Waals surface area contributed by atoms with Gasteiger partial charge in [-0.05, 0) is 17.7 Å². The zero-order valence-electron chi connectivity index (χ0n) is 9.27. The van der Waals surface area contributed by atoms with E-state index in [-0.39, 0.29) is 5.91 Å². The van der Waals surface area contributed by atoms with Gasteiger partial charge in [-0.25, -0.2) is 0 Å². The van der Waals surface area contributed by atoms with Crippen LogP contribution in [0, 0.1) is 11.3 Å². The van der Waals surface area contributed by atoms with Crippen molar-refractivity contribution in [3.8, 4) is 6.07 Å². The monoisotopic (exact) mass is 280 g/mol. The van der Waals surface area contributed by atoms with Crippen molar-refractivity contribution in [3.05, 3.63) is 34.3 Å². The molecule has 0 saturated carbocycles. The largest absolute Gasteiger partial charge is 0.326 e. The molecule has 1 aromatic carbocycles. The molecule has 0 aliphatic rings. The van der Waals surface area contributed by atoms with Crippen molar-refractivity contribution >= 4 is 21.8 Å². The van der Waals surface area contributed by atoms with Crippen LogP contribution in [0.15, 0.2) is 28.7 Å². The Labute approximate surface area is 104 Å². The molecule has 0 radical (unpaired) electrons. The Morgan fingerprint density at radius 2 is 2.06 bits per heavy atom. The summed E-state index contributed by atoms with van der Waals surface area (Å²) in [5.74, 6) is -0.0329. The number of nitrogens with zero attached hydrogens (tertiary/aromatic N) is 2. The van der Waals surface area contributed by atoms with Gasteiger partial charge in [0.05, 0.1) is 6.07 Å². The number of carbonyl (C=O) groups excluding carboxylic acids is 1. The maximum Gasteiger partial charge on any atom is 0.223 e. The number of benzene rings is 1. The predicted molar refractivity (Wildman–Crippen MR) is 65.6 cm³/mol. The molecule has 1 unspecified atom stereocenters. The second kappa shape index (κ2) is 5.66. The van der Waals surface area contributed by atoms with Gasteiger partial charge in [0.1, 0.15) is 6.04 Å². The van der Waals surface area contributed by atoms with Gasteiger partial charge in [0.2, 0.25) is 5.91 Å². The number of halogens is 1. The van der Waals surface area contributed by atoms with Crippen LogP contribution in [0.3, 0.4) is 0 Å². The van der Waals surface area contributed by atoms with E-state index in [1.807, 2.05) is 24.3 Å². The lowest BCUT2D eigenvalue weighted by molar-refractivity contribution is -0.130. The molecule has 0 aliphatic heterocycles. The molecule has 0 aliphatic carbocycles. The van der Waals surface area contributed by atoms with E-state index in [9.17, 15) is 4.79 Å². The van der Waals surface area contributed by atoms with Crippen LogP contribution < -0.4 is 0 Å². The topological polar surface area (TPSA) is 44.1 Å². The summed E-state index contributed by atoms with van der Waals surface area (Å²) in [6.07, 6.45) is 0.408. The fourth-order valence-electron chi connectivity index (χ4n) is 1.42. The van der Waals surface area contributed by atoms with Crippen LogP contribution in [0.5, 0.6) is 0 Å². The van der Waals surface area contributed by atoms with Crippen LogP contribution in [0.2, 0.25) is 0 Å². The lowest BCUT2D eigenvalue weighted by Gasteiger charge is -2.22. The van der Waals surface area contributed by atoms with Gasteiger partial charge < -0.3 is 4.90 Å².